The van der Waals surface area contributed by atoms with E-state index in [0.717, 1.165) is 13.1 Å². The van der Waals surface area contributed by atoms with Gasteiger partial charge in [-0.3, -0.25) is 0 Å². The second kappa shape index (κ2) is 6.81. The molecule has 0 aliphatic rings. The summed E-state index contributed by atoms with van der Waals surface area (Å²) in [6.45, 7) is 6.48. The van der Waals surface area contributed by atoms with Gasteiger partial charge in [0.1, 0.15) is 0 Å². The van der Waals surface area contributed by atoms with Gasteiger partial charge in [0.25, 0.3) is 0 Å². The minimum Gasteiger partial charge on any atom is -0.384 e. The van der Waals surface area contributed by atoms with Gasteiger partial charge in [-0.05, 0) is 38.4 Å². The van der Waals surface area contributed by atoms with Crippen molar-refractivity contribution in [1.82, 2.24) is 4.90 Å². The Morgan fingerprint density at radius 1 is 1.19 bits per heavy atom. The molecule has 0 radical (unpaired) electrons. The maximum Gasteiger partial charge on any atom is 0.0341 e. The van der Waals surface area contributed by atoms with Crippen LogP contribution in [-0.4, -0.2) is 37.3 Å². The summed E-state index contributed by atoms with van der Waals surface area (Å²) in [5.74, 6) is 0. The first kappa shape index (κ1) is 13.4. The van der Waals surface area contributed by atoms with Crippen molar-refractivity contribution in [3.05, 3.63) is 24.3 Å². The lowest BCUT2D eigenvalue weighted by molar-refractivity contribution is 0.425. The summed E-state index contributed by atoms with van der Waals surface area (Å²) in [5.41, 5.74) is 1.20. The SMILES string of the molecule is CC(C)Sc1ccc(NCCN(C)C)cc1. The topological polar surface area (TPSA) is 15.3 Å². The quantitative estimate of drug-likeness (QED) is 0.766. The molecule has 0 bridgehead atoms. The van der Waals surface area contributed by atoms with Crippen molar-refractivity contribution in [1.29, 1.82) is 0 Å². The van der Waals surface area contributed by atoms with E-state index in [4.69, 9.17) is 0 Å². The highest BCUT2D eigenvalue weighted by molar-refractivity contribution is 7.99. The Balaban J connectivity index is 2.39. The lowest BCUT2D eigenvalue weighted by Gasteiger charge is -2.12. The number of likely N-dealkylation sites (N-methyl/N-ethyl adjacent to an activating group) is 1. The molecule has 3 heteroatoms. The van der Waals surface area contributed by atoms with Crippen LogP contribution in [0.5, 0.6) is 0 Å². The summed E-state index contributed by atoms with van der Waals surface area (Å²) in [4.78, 5) is 3.52. The normalized spacial score (nSPS) is 11.1. The van der Waals surface area contributed by atoms with Gasteiger partial charge in [-0.15, -0.1) is 11.8 Å². The Morgan fingerprint density at radius 3 is 2.31 bits per heavy atom. The van der Waals surface area contributed by atoms with E-state index in [1.54, 1.807) is 0 Å². The number of benzene rings is 1. The number of rotatable bonds is 6. The highest BCUT2D eigenvalue weighted by Crippen LogP contribution is 2.23. The van der Waals surface area contributed by atoms with E-state index < -0.39 is 0 Å². The summed E-state index contributed by atoms with van der Waals surface area (Å²) in [6, 6.07) is 8.67. The third-order valence-corrected chi connectivity index (χ3v) is 3.13. The maximum absolute atomic E-state index is 3.41. The van der Waals surface area contributed by atoms with E-state index in [1.807, 2.05) is 11.8 Å². The Bertz CT molecular complexity index is 293. The third kappa shape index (κ3) is 5.42. The Morgan fingerprint density at radius 2 is 1.81 bits per heavy atom. The first-order valence-corrected chi connectivity index (χ1v) is 6.61. The van der Waals surface area contributed by atoms with Crippen LogP contribution < -0.4 is 5.32 Å². The maximum atomic E-state index is 3.41. The molecule has 0 aromatic heterocycles. The minimum atomic E-state index is 0.646. The molecular weight excluding hydrogens is 216 g/mol. The largest absolute Gasteiger partial charge is 0.384 e. The molecule has 1 aromatic rings. The van der Waals surface area contributed by atoms with E-state index in [9.17, 15) is 0 Å². The summed E-state index contributed by atoms with van der Waals surface area (Å²) >= 11 is 1.90. The zero-order valence-electron chi connectivity index (χ0n) is 10.7. The Labute approximate surface area is 103 Å². The second-order valence-electron chi connectivity index (χ2n) is 4.42. The fourth-order valence-electron chi connectivity index (χ4n) is 1.35. The molecule has 0 aliphatic heterocycles. The number of hydrogen-bond acceptors (Lipinski definition) is 3. The standard InChI is InChI=1S/C13H22N2S/c1-11(2)16-13-7-5-12(6-8-13)14-9-10-15(3)4/h5-8,11,14H,9-10H2,1-4H3. The van der Waals surface area contributed by atoms with Crippen molar-refractivity contribution >= 4 is 17.4 Å². The van der Waals surface area contributed by atoms with E-state index in [2.05, 4.69) is 62.4 Å². The van der Waals surface area contributed by atoms with Crippen LogP contribution in [-0.2, 0) is 0 Å². The van der Waals surface area contributed by atoms with Crippen LogP contribution >= 0.6 is 11.8 Å². The minimum absolute atomic E-state index is 0.646. The average molecular weight is 238 g/mol. The molecule has 1 aromatic carbocycles. The molecule has 2 nitrogen and oxygen atoms in total. The number of thioether (sulfide) groups is 1. The van der Waals surface area contributed by atoms with Crippen molar-refractivity contribution < 1.29 is 0 Å². The van der Waals surface area contributed by atoms with Crippen molar-refractivity contribution in [3.63, 3.8) is 0 Å². The van der Waals surface area contributed by atoms with Gasteiger partial charge in [0.15, 0.2) is 0 Å². The van der Waals surface area contributed by atoms with E-state index in [-0.39, 0.29) is 0 Å². The van der Waals surface area contributed by atoms with E-state index in [1.165, 1.54) is 10.6 Å². The van der Waals surface area contributed by atoms with Crippen LogP contribution in [0, 0.1) is 0 Å². The van der Waals surface area contributed by atoms with Gasteiger partial charge in [0, 0.05) is 28.9 Å². The zero-order valence-corrected chi connectivity index (χ0v) is 11.5. The second-order valence-corrected chi connectivity index (χ2v) is 6.07. The summed E-state index contributed by atoms with van der Waals surface area (Å²) in [5, 5.41) is 4.05. The molecule has 0 atom stereocenters. The first-order valence-electron chi connectivity index (χ1n) is 5.73. The highest BCUT2D eigenvalue weighted by atomic mass is 32.2. The van der Waals surface area contributed by atoms with Crippen LogP contribution in [0.3, 0.4) is 0 Å². The van der Waals surface area contributed by atoms with E-state index >= 15 is 0 Å². The van der Waals surface area contributed by atoms with Crippen LogP contribution in [0.4, 0.5) is 5.69 Å². The fourth-order valence-corrected chi connectivity index (χ4v) is 2.18. The molecule has 0 spiro atoms. The summed E-state index contributed by atoms with van der Waals surface area (Å²) in [7, 11) is 4.17. The van der Waals surface area contributed by atoms with Crippen molar-refractivity contribution in [2.45, 2.75) is 24.0 Å². The van der Waals surface area contributed by atoms with Crippen LogP contribution in [0.2, 0.25) is 0 Å². The molecule has 1 rings (SSSR count). The molecule has 0 saturated carbocycles. The van der Waals surface area contributed by atoms with Gasteiger partial charge in [-0.25, -0.2) is 0 Å². The van der Waals surface area contributed by atoms with Gasteiger partial charge in [0.2, 0.25) is 0 Å². The molecule has 0 amide bonds. The summed E-state index contributed by atoms with van der Waals surface area (Å²) < 4.78 is 0. The monoisotopic (exact) mass is 238 g/mol. The first-order chi connectivity index (χ1) is 7.58. The molecule has 16 heavy (non-hydrogen) atoms. The fraction of sp³-hybridized carbons (Fsp3) is 0.538. The van der Waals surface area contributed by atoms with Crippen molar-refractivity contribution in [2.24, 2.45) is 0 Å². The number of anilines is 1. The zero-order chi connectivity index (χ0) is 12.0. The van der Waals surface area contributed by atoms with Crippen LogP contribution in [0.1, 0.15) is 13.8 Å². The molecule has 0 heterocycles. The predicted octanol–water partition coefficient (Wildman–Crippen LogP) is 3.16. The molecule has 1 N–H and O–H groups in total. The molecule has 0 aliphatic carbocycles. The molecule has 90 valence electrons. The number of nitrogens with zero attached hydrogens (tertiary/aromatic N) is 1. The van der Waals surface area contributed by atoms with Gasteiger partial charge < -0.3 is 10.2 Å². The summed E-state index contributed by atoms with van der Waals surface area (Å²) in [6.07, 6.45) is 0. The van der Waals surface area contributed by atoms with Crippen molar-refractivity contribution in [2.75, 3.05) is 32.5 Å². The molecule has 0 saturated heterocycles. The smallest absolute Gasteiger partial charge is 0.0341 e. The Hall–Kier alpha value is -0.670. The number of hydrogen-bond donors (Lipinski definition) is 1. The van der Waals surface area contributed by atoms with Gasteiger partial charge >= 0.3 is 0 Å². The molecule has 0 fully saturated rings. The average Bonchev–Trinajstić information content (AvgIpc) is 2.19. The lowest BCUT2D eigenvalue weighted by Crippen LogP contribution is -2.20. The van der Waals surface area contributed by atoms with Crippen LogP contribution in [0.25, 0.3) is 0 Å². The van der Waals surface area contributed by atoms with Crippen molar-refractivity contribution in [3.8, 4) is 0 Å². The number of nitrogens with one attached hydrogen (secondary N) is 1. The predicted molar refractivity (Wildman–Crippen MR) is 74.5 cm³/mol. The third-order valence-electron chi connectivity index (χ3n) is 2.11. The lowest BCUT2D eigenvalue weighted by atomic mass is 10.3. The van der Waals surface area contributed by atoms with Gasteiger partial charge in [-0.2, -0.15) is 0 Å². The molecular formula is C13H22N2S. The van der Waals surface area contributed by atoms with Gasteiger partial charge in [0.05, 0.1) is 0 Å². The Kier molecular flexibility index (Phi) is 5.71. The van der Waals surface area contributed by atoms with E-state index in [0.29, 0.717) is 5.25 Å². The van der Waals surface area contributed by atoms with Crippen LogP contribution in [0.15, 0.2) is 29.2 Å². The van der Waals surface area contributed by atoms with Gasteiger partial charge in [-0.1, -0.05) is 13.8 Å². The molecule has 0 unspecified atom stereocenters. The highest BCUT2D eigenvalue weighted by Gasteiger charge is 1.98.